The monoisotopic (exact) mass is 212 g/mol. The minimum atomic E-state index is 0.614. The van der Waals surface area contributed by atoms with Gasteiger partial charge in [0.25, 0.3) is 0 Å². The van der Waals surface area contributed by atoms with Gasteiger partial charge in [-0.1, -0.05) is 0 Å². The van der Waals surface area contributed by atoms with Crippen molar-refractivity contribution in [2.75, 3.05) is 5.73 Å². The fourth-order valence-electron chi connectivity index (χ4n) is 0.884. The number of nitrogens with two attached hydrogens (primary N) is 1. The highest BCUT2D eigenvalue weighted by atomic mass is 79.9. The van der Waals surface area contributed by atoms with Crippen molar-refractivity contribution in [2.24, 2.45) is 0 Å². The van der Waals surface area contributed by atoms with E-state index < -0.39 is 0 Å². The molecule has 4 nitrogen and oxygen atoms in total. The largest absolute Gasteiger partial charge is 0.383 e. The molecule has 11 heavy (non-hydrogen) atoms. The van der Waals surface area contributed by atoms with Gasteiger partial charge in [-0.25, -0.2) is 9.97 Å². The number of nitrogens with zero attached hydrogens (tertiary/aromatic N) is 3. The standard InChI is InChI=1S/C6H5BrN4/c7-4-3-11-5(8)1-10-6(11)2-9-4/h1-3H,8H2. The molecule has 0 radical (unpaired) electrons. The van der Waals surface area contributed by atoms with Crippen LogP contribution in [0.2, 0.25) is 0 Å². The minimum absolute atomic E-state index is 0.614. The fourth-order valence-corrected chi connectivity index (χ4v) is 1.19. The Morgan fingerprint density at radius 3 is 3.00 bits per heavy atom. The normalized spacial score (nSPS) is 10.6. The molecule has 0 amide bonds. The summed E-state index contributed by atoms with van der Waals surface area (Å²) in [6.07, 6.45) is 5.03. The number of rotatable bonds is 0. The van der Waals surface area contributed by atoms with E-state index in [0.717, 1.165) is 10.3 Å². The summed E-state index contributed by atoms with van der Waals surface area (Å²) in [6, 6.07) is 0. The molecule has 0 saturated heterocycles. The number of imidazole rings is 1. The van der Waals surface area contributed by atoms with E-state index in [1.54, 1.807) is 23.0 Å². The first-order chi connectivity index (χ1) is 5.27. The Balaban J connectivity index is 2.87. The second kappa shape index (κ2) is 2.20. The third-order valence-electron chi connectivity index (χ3n) is 1.39. The van der Waals surface area contributed by atoms with Crippen LogP contribution in [0, 0.1) is 0 Å². The maximum Gasteiger partial charge on any atom is 0.156 e. The third-order valence-corrected chi connectivity index (χ3v) is 1.80. The second-order valence-electron chi connectivity index (χ2n) is 2.12. The number of hydrogen-bond donors (Lipinski definition) is 1. The van der Waals surface area contributed by atoms with E-state index in [-0.39, 0.29) is 0 Å². The van der Waals surface area contributed by atoms with Crippen LogP contribution in [0.3, 0.4) is 0 Å². The number of aromatic nitrogens is 3. The zero-order valence-electron chi connectivity index (χ0n) is 5.53. The average molecular weight is 213 g/mol. The number of anilines is 1. The highest BCUT2D eigenvalue weighted by Crippen LogP contribution is 2.10. The van der Waals surface area contributed by atoms with E-state index in [9.17, 15) is 0 Å². The lowest BCUT2D eigenvalue weighted by atomic mass is 10.7. The van der Waals surface area contributed by atoms with Gasteiger partial charge in [-0.2, -0.15) is 0 Å². The van der Waals surface area contributed by atoms with E-state index in [2.05, 4.69) is 25.9 Å². The van der Waals surface area contributed by atoms with E-state index in [1.165, 1.54) is 0 Å². The Morgan fingerprint density at radius 1 is 1.36 bits per heavy atom. The lowest BCUT2D eigenvalue weighted by Gasteiger charge is -1.94. The molecule has 0 bridgehead atoms. The van der Waals surface area contributed by atoms with Crippen molar-refractivity contribution in [1.29, 1.82) is 0 Å². The smallest absolute Gasteiger partial charge is 0.156 e. The van der Waals surface area contributed by atoms with Crippen LogP contribution in [-0.4, -0.2) is 14.4 Å². The SMILES string of the molecule is Nc1cnc2cnc(Br)cn12. The highest BCUT2D eigenvalue weighted by molar-refractivity contribution is 9.10. The van der Waals surface area contributed by atoms with Gasteiger partial charge < -0.3 is 5.73 Å². The van der Waals surface area contributed by atoms with Gasteiger partial charge in [0.15, 0.2) is 5.65 Å². The van der Waals surface area contributed by atoms with Gasteiger partial charge in [-0.15, -0.1) is 0 Å². The Hall–Kier alpha value is -1.10. The van der Waals surface area contributed by atoms with Crippen LogP contribution in [0.4, 0.5) is 5.82 Å². The fraction of sp³-hybridized carbons (Fsp3) is 0. The summed E-state index contributed by atoms with van der Waals surface area (Å²) in [5.74, 6) is 0.614. The number of nitrogen functional groups attached to an aromatic ring is 1. The van der Waals surface area contributed by atoms with E-state index in [4.69, 9.17) is 5.73 Å². The van der Waals surface area contributed by atoms with E-state index in [1.807, 2.05) is 0 Å². The summed E-state index contributed by atoms with van der Waals surface area (Å²) >= 11 is 3.24. The van der Waals surface area contributed by atoms with Gasteiger partial charge in [-0.3, -0.25) is 4.40 Å². The molecular formula is C6H5BrN4. The summed E-state index contributed by atoms with van der Waals surface area (Å²) in [6.45, 7) is 0. The van der Waals surface area contributed by atoms with Gasteiger partial charge in [0.1, 0.15) is 10.4 Å². The van der Waals surface area contributed by atoms with Crippen LogP contribution in [0.15, 0.2) is 23.2 Å². The molecule has 0 unspecified atom stereocenters. The molecule has 56 valence electrons. The quantitative estimate of drug-likeness (QED) is 0.712. The first-order valence-corrected chi connectivity index (χ1v) is 3.81. The molecule has 2 rings (SSSR count). The molecule has 2 N–H and O–H groups in total. The molecule has 2 aromatic rings. The summed E-state index contributed by atoms with van der Waals surface area (Å²) in [5, 5.41) is 0. The summed E-state index contributed by atoms with van der Waals surface area (Å²) in [5.41, 5.74) is 6.35. The van der Waals surface area contributed by atoms with Gasteiger partial charge in [0, 0.05) is 6.20 Å². The lowest BCUT2D eigenvalue weighted by molar-refractivity contribution is 1.11. The predicted molar refractivity (Wildman–Crippen MR) is 45.1 cm³/mol. The maximum atomic E-state index is 5.60. The molecule has 5 heteroatoms. The molecule has 0 aliphatic rings. The number of hydrogen-bond acceptors (Lipinski definition) is 3. The van der Waals surface area contributed by atoms with Crippen LogP contribution in [0.5, 0.6) is 0 Å². The summed E-state index contributed by atoms with van der Waals surface area (Å²) in [4.78, 5) is 8.01. The van der Waals surface area contributed by atoms with Crippen molar-refractivity contribution < 1.29 is 0 Å². The van der Waals surface area contributed by atoms with Gasteiger partial charge in [0.05, 0.1) is 12.4 Å². The van der Waals surface area contributed by atoms with Crippen molar-refractivity contribution >= 4 is 27.4 Å². The van der Waals surface area contributed by atoms with Gasteiger partial charge in [0.2, 0.25) is 0 Å². The van der Waals surface area contributed by atoms with Crippen molar-refractivity contribution in [2.45, 2.75) is 0 Å². The Bertz CT molecular complexity index is 394. The number of fused-ring (bicyclic) bond motifs is 1. The van der Waals surface area contributed by atoms with Crippen LogP contribution >= 0.6 is 15.9 Å². The van der Waals surface area contributed by atoms with Crippen LogP contribution in [0.1, 0.15) is 0 Å². The molecular weight excluding hydrogens is 208 g/mol. The van der Waals surface area contributed by atoms with Crippen LogP contribution in [0.25, 0.3) is 5.65 Å². The summed E-state index contributed by atoms with van der Waals surface area (Å²) in [7, 11) is 0. The van der Waals surface area contributed by atoms with Crippen molar-refractivity contribution in [1.82, 2.24) is 14.4 Å². The average Bonchev–Trinajstić information content (AvgIpc) is 2.33. The minimum Gasteiger partial charge on any atom is -0.383 e. The van der Waals surface area contributed by atoms with Gasteiger partial charge >= 0.3 is 0 Å². The molecule has 0 saturated carbocycles. The first kappa shape index (κ1) is 6.60. The molecule has 0 aliphatic heterocycles. The maximum absolute atomic E-state index is 5.60. The predicted octanol–water partition coefficient (Wildman–Crippen LogP) is 1.07. The molecule has 2 aromatic heterocycles. The lowest BCUT2D eigenvalue weighted by Crippen LogP contribution is -1.92. The summed E-state index contributed by atoms with van der Waals surface area (Å²) < 4.78 is 2.51. The number of halogens is 1. The first-order valence-electron chi connectivity index (χ1n) is 3.01. The van der Waals surface area contributed by atoms with Crippen LogP contribution in [-0.2, 0) is 0 Å². The molecule has 0 atom stereocenters. The van der Waals surface area contributed by atoms with E-state index >= 15 is 0 Å². The molecule has 0 aromatic carbocycles. The topological polar surface area (TPSA) is 56.2 Å². The zero-order chi connectivity index (χ0) is 7.84. The van der Waals surface area contributed by atoms with Crippen LogP contribution < -0.4 is 5.73 Å². The third kappa shape index (κ3) is 0.970. The second-order valence-corrected chi connectivity index (χ2v) is 2.93. The Labute approximate surface area is 71.2 Å². The van der Waals surface area contributed by atoms with Gasteiger partial charge in [-0.05, 0) is 15.9 Å². The zero-order valence-corrected chi connectivity index (χ0v) is 7.12. The Morgan fingerprint density at radius 2 is 2.18 bits per heavy atom. The molecule has 0 aliphatic carbocycles. The van der Waals surface area contributed by atoms with Crippen molar-refractivity contribution in [3.63, 3.8) is 0 Å². The molecule has 0 fully saturated rings. The van der Waals surface area contributed by atoms with Crippen molar-refractivity contribution in [3.8, 4) is 0 Å². The van der Waals surface area contributed by atoms with E-state index in [0.29, 0.717) is 5.82 Å². The van der Waals surface area contributed by atoms with Crippen molar-refractivity contribution in [3.05, 3.63) is 23.2 Å². The molecule has 0 spiro atoms. The Kier molecular flexibility index (Phi) is 1.32. The highest BCUT2D eigenvalue weighted by Gasteiger charge is 1.98. The molecule has 2 heterocycles.